The highest BCUT2D eigenvalue weighted by molar-refractivity contribution is 5.83. The molecule has 0 fully saturated rings. The lowest BCUT2D eigenvalue weighted by Crippen LogP contribution is -2.49. The highest BCUT2D eigenvalue weighted by Crippen LogP contribution is 2.14. The first-order valence-corrected chi connectivity index (χ1v) is 6.76. The van der Waals surface area contributed by atoms with Crippen LogP contribution < -0.4 is 22.1 Å². The van der Waals surface area contributed by atoms with E-state index in [9.17, 15) is 14.4 Å². The van der Waals surface area contributed by atoms with Gasteiger partial charge < -0.3 is 42.4 Å². The Kier molecular flexibility index (Phi) is 7.03. The fourth-order valence-corrected chi connectivity index (χ4v) is 1.66. The summed E-state index contributed by atoms with van der Waals surface area (Å²) >= 11 is 0. The molecule has 13 nitrogen and oxygen atoms in total. The van der Waals surface area contributed by atoms with Crippen LogP contribution in [-0.2, 0) is 9.59 Å². The summed E-state index contributed by atoms with van der Waals surface area (Å²) in [5, 5.41) is 38.3. The molecule has 0 saturated carbocycles. The fraction of sp³-hybridized carbons (Fsp3) is 0.545. The summed E-state index contributed by atoms with van der Waals surface area (Å²) in [7, 11) is 0. The molecule has 0 radical (unpaired) electrons. The number of aliphatic hydroxyl groups excluding tert-OH is 2. The summed E-state index contributed by atoms with van der Waals surface area (Å²) in [6, 6.07) is -4.36. The molecule has 3 amide bonds. The number of hydrogen-bond acceptors (Lipinski definition) is 8. The van der Waals surface area contributed by atoms with Crippen LogP contribution >= 0.6 is 0 Å². The van der Waals surface area contributed by atoms with Crippen LogP contribution in [0.3, 0.4) is 0 Å². The molecule has 0 aliphatic carbocycles. The number of amides is 3. The summed E-state index contributed by atoms with van der Waals surface area (Å²) in [5.41, 5.74) is 10.7. The molecular weight excluding hydrogens is 326 g/mol. The van der Waals surface area contributed by atoms with Gasteiger partial charge in [0.15, 0.2) is 11.9 Å². The average molecular weight is 345 g/mol. The van der Waals surface area contributed by atoms with Crippen LogP contribution in [0.2, 0.25) is 0 Å². The van der Waals surface area contributed by atoms with Crippen LogP contribution in [0.5, 0.6) is 0 Å². The summed E-state index contributed by atoms with van der Waals surface area (Å²) in [5.74, 6) is -2.03. The minimum Gasteiger partial charge on any atom is -0.480 e. The number of hydrogen-bond donors (Lipinski definition) is 8. The Balaban J connectivity index is 2.85. The van der Waals surface area contributed by atoms with Crippen molar-refractivity contribution < 1.29 is 29.7 Å². The largest absolute Gasteiger partial charge is 0.480 e. The third kappa shape index (κ3) is 5.45. The number of aromatic amines is 1. The number of aliphatic carboxylic acids is 1. The molecule has 0 spiro atoms. The van der Waals surface area contributed by atoms with Gasteiger partial charge in [0.2, 0.25) is 5.91 Å². The topological polar surface area (TPSA) is 230 Å². The molecule has 0 aromatic carbocycles. The zero-order valence-electron chi connectivity index (χ0n) is 12.5. The molecule has 1 heterocycles. The van der Waals surface area contributed by atoms with E-state index in [1.54, 1.807) is 0 Å². The van der Waals surface area contributed by atoms with Crippen LogP contribution in [0.1, 0.15) is 30.2 Å². The molecule has 10 N–H and O–H groups in total. The number of aromatic nitrogens is 3. The lowest BCUT2D eigenvalue weighted by Gasteiger charge is -2.17. The monoisotopic (exact) mass is 345 g/mol. The van der Waals surface area contributed by atoms with Crippen LogP contribution in [0, 0.1) is 0 Å². The van der Waals surface area contributed by atoms with E-state index in [1.807, 2.05) is 5.32 Å². The van der Waals surface area contributed by atoms with Crippen molar-refractivity contribution >= 4 is 17.9 Å². The van der Waals surface area contributed by atoms with Gasteiger partial charge in [-0.1, -0.05) is 0 Å². The number of nitrogens with two attached hydrogens (primary N) is 2. The van der Waals surface area contributed by atoms with Crippen LogP contribution in [0.4, 0.5) is 4.79 Å². The van der Waals surface area contributed by atoms with E-state index in [0.717, 1.165) is 0 Å². The van der Waals surface area contributed by atoms with Gasteiger partial charge in [-0.2, -0.15) is 0 Å². The number of carbonyl (C=O) groups is 3. The number of carbonyl (C=O) groups excluding carboxylic acids is 2. The number of nitrogens with one attached hydrogen (secondary N) is 3. The van der Waals surface area contributed by atoms with Crippen molar-refractivity contribution in [1.82, 2.24) is 25.8 Å². The molecule has 24 heavy (non-hydrogen) atoms. The van der Waals surface area contributed by atoms with Gasteiger partial charge in [-0.15, -0.1) is 10.2 Å². The lowest BCUT2D eigenvalue weighted by molar-refractivity contribution is -0.140. The number of nitrogens with zero attached hydrogens (tertiary/aromatic N) is 2. The average Bonchev–Trinajstić information content (AvgIpc) is 3.00. The fourth-order valence-electron chi connectivity index (χ4n) is 1.66. The smallest absolute Gasteiger partial charge is 0.328 e. The number of aliphatic hydroxyl groups is 2. The second-order valence-corrected chi connectivity index (χ2v) is 4.80. The first kappa shape index (κ1) is 19.3. The molecule has 3 atom stereocenters. The number of H-pyrrole nitrogens is 1. The summed E-state index contributed by atoms with van der Waals surface area (Å²) < 4.78 is 0. The highest BCUT2D eigenvalue weighted by atomic mass is 16.4. The van der Waals surface area contributed by atoms with Gasteiger partial charge in [0.1, 0.15) is 5.82 Å². The van der Waals surface area contributed by atoms with Crippen molar-refractivity contribution in [1.29, 1.82) is 0 Å². The van der Waals surface area contributed by atoms with E-state index in [-0.39, 0.29) is 18.1 Å². The van der Waals surface area contributed by atoms with E-state index in [1.165, 1.54) is 0 Å². The molecule has 0 aliphatic heterocycles. The SMILES string of the molecule is NC(=O)C[C@H](NC(=O)NC(CO)C(=O)O)c1nnc([C@@H](N)CO)[nH]1. The molecule has 1 unspecified atom stereocenters. The predicted octanol–water partition coefficient (Wildman–Crippen LogP) is -3.54. The zero-order chi connectivity index (χ0) is 18.3. The molecule has 0 aliphatic rings. The number of primary amides is 1. The van der Waals surface area contributed by atoms with Crippen LogP contribution in [0.25, 0.3) is 0 Å². The number of urea groups is 1. The van der Waals surface area contributed by atoms with Gasteiger partial charge in [-0.3, -0.25) is 4.79 Å². The molecule has 13 heteroatoms. The van der Waals surface area contributed by atoms with E-state index < -0.39 is 49.2 Å². The number of carboxylic acid groups (broad SMARTS) is 1. The summed E-state index contributed by atoms with van der Waals surface area (Å²) in [6.45, 7) is -1.22. The number of rotatable bonds is 9. The third-order valence-corrected chi connectivity index (χ3v) is 2.90. The first-order chi connectivity index (χ1) is 11.3. The quantitative estimate of drug-likeness (QED) is 0.221. The Bertz CT molecular complexity index is 591. The Morgan fingerprint density at radius 2 is 1.75 bits per heavy atom. The van der Waals surface area contributed by atoms with Crippen molar-refractivity contribution in [3.63, 3.8) is 0 Å². The Labute approximate surface area is 135 Å². The summed E-state index contributed by atoms with van der Waals surface area (Å²) in [4.78, 5) is 36.4. The van der Waals surface area contributed by atoms with Gasteiger partial charge in [-0.25, -0.2) is 9.59 Å². The van der Waals surface area contributed by atoms with Crippen molar-refractivity contribution in [3.8, 4) is 0 Å². The second kappa shape index (κ2) is 8.76. The Morgan fingerprint density at radius 1 is 1.12 bits per heavy atom. The van der Waals surface area contributed by atoms with Gasteiger partial charge in [0, 0.05) is 0 Å². The highest BCUT2D eigenvalue weighted by Gasteiger charge is 2.25. The molecular formula is C11H19N7O6. The van der Waals surface area contributed by atoms with Crippen molar-refractivity contribution in [3.05, 3.63) is 11.6 Å². The standard InChI is InChI=1S/C11H19N7O6/c12-4(2-19)8-16-9(18-17-8)5(1-7(13)21)14-11(24)15-6(3-20)10(22)23/h4-6,19-20H,1-3,12H2,(H2,13,21)(H,22,23)(H2,14,15,24)(H,16,17,18)/t4-,5-,6?/m0/s1. The van der Waals surface area contributed by atoms with Crippen LogP contribution in [-0.4, -0.2) is 67.7 Å². The normalized spacial score (nSPS) is 14.5. The van der Waals surface area contributed by atoms with E-state index in [2.05, 4.69) is 20.5 Å². The zero-order valence-corrected chi connectivity index (χ0v) is 12.5. The molecule has 1 rings (SSSR count). The molecule has 0 bridgehead atoms. The van der Waals surface area contributed by atoms with Crippen molar-refractivity contribution in [2.75, 3.05) is 13.2 Å². The molecule has 134 valence electrons. The molecule has 0 saturated heterocycles. The van der Waals surface area contributed by atoms with E-state index in [0.29, 0.717) is 0 Å². The van der Waals surface area contributed by atoms with Crippen molar-refractivity contribution in [2.45, 2.75) is 24.5 Å². The first-order valence-electron chi connectivity index (χ1n) is 6.76. The van der Waals surface area contributed by atoms with Gasteiger partial charge in [0.05, 0.1) is 31.7 Å². The Morgan fingerprint density at radius 3 is 2.25 bits per heavy atom. The van der Waals surface area contributed by atoms with E-state index >= 15 is 0 Å². The molecule has 1 aromatic heterocycles. The lowest BCUT2D eigenvalue weighted by atomic mass is 10.2. The minimum absolute atomic E-state index is 0.0405. The van der Waals surface area contributed by atoms with E-state index in [4.69, 9.17) is 26.8 Å². The van der Waals surface area contributed by atoms with Gasteiger partial charge in [0.25, 0.3) is 0 Å². The summed E-state index contributed by atoms with van der Waals surface area (Å²) in [6.07, 6.45) is -0.354. The maximum atomic E-state index is 11.8. The second-order valence-electron chi connectivity index (χ2n) is 4.80. The number of carboxylic acids is 1. The molecule has 1 aromatic rings. The van der Waals surface area contributed by atoms with Gasteiger partial charge in [-0.05, 0) is 0 Å². The maximum Gasteiger partial charge on any atom is 0.328 e. The Hall–Kier alpha value is -2.77. The third-order valence-electron chi connectivity index (χ3n) is 2.90. The van der Waals surface area contributed by atoms with Crippen LogP contribution in [0.15, 0.2) is 0 Å². The predicted molar refractivity (Wildman–Crippen MR) is 77.1 cm³/mol. The minimum atomic E-state index is -1.52. The van der Waals surface area contributed by atoms with Gasteiger partial charge >= 0.3 is 12.0 Å². The van der Waals surface area contributed by atoms with Crippen molar-refractivity contribution in [2.24, 2.45) is 11.5 Å². The maximum absolute atomic E-state index is 11.8.